The number of carbonyl (C=O) groups is 1. The molecule has 0 unspecified atom stereocenters. The second kappa shape index (κ2) is 5.60. The Balaban J connectivity index is 2.41. The molecule has 0 saturated heterocycles. The van der Waals surface area contributed by atoms with Gasteiger partial charge in [-0.05, 0) is 0 Å². The second-order valence-electron chi connectivity index (χ2n) is 2.84. The second-order valence-corrected chi connectivity index (χ2v) is 2.84. The van der Waals surface area contributed by atoms with Gasteiger partial charge < -0.3 is 10.3 Å². The molecule has 0 spiro atoms. The molecule has 15 heavy (non-hydrogen) atoms. The van der Waals surface area contributed by atoms with Gasteiger partial charge in [0.2, 0.25) is 5.91 Å². The fourth-order valence-electron chi connectivity index (χ4n) is 0.876. The molecule has 0 saturated carbocycles. The highest BCUT2D eigenvalue weighted by Crippen LogP contribution is 1.86. The predicted octanol–water partition coefficient (Wildman–Crippen LogP) is -0.352. The summed E-state index contributed by atoms with van der Waals surface area (Å²) in [6, 6.07) is 0. The van der Waals surface area contributed by atoms with Crippen LogP contribution in [0, 0.1) is 11.8 Å². The standard InChI is InChI=1S/C10H11N3O2/c1-8(14)11-5-3-2-4-9-6-12-10(15)13-7-9/h6-7H,3,5H2,1H3,(H,11,14)(H,12,13,15). The minimum atomic E-state index is -0.390. The molecule has 1 rings (SSSR count). The summed E-state index contributed by atoms with van der Waals surface area (Å²) in [5, 5.41) is 2.63. The lowest BCUT2D eigenvalue weighted by molar-refractivity contribution is -0.118. The summed E-state index contributed by atoms with van der Waals surface area (Å²) in [6.45, 7) is 1.98. The first kappa shape index (κ1) is 11.0. The van der Waals surface area contributed by atoms with Gasteiger partial charge in [0, 0.05) is 32.3 Å². The van der Waals surface area contributed by atoms with Crippen molar-refractivity contribution in [1.82, 2.24) is 15.3 Å². The topological polar surface area (TPSA) is 74.8 Å². The van der Waals surface area contributed by atoms with E-state index >= 15 is 0 Å². The first-order valence-electron chi connectivity index (χ1n) is 4.46. The Kier molecular flexibility index (Phi) is 4.10. The number of amides is 1. The monoisotopic (exact) mass is 205 g/mol. The van der Waals surface area contributed by atoms with Crippen molar-refractivity contribution in [2.24, 2.45) is 0 Å². The minimum absolute atomic E-state index is 0.0671. The Bertz CT molecular complexity index is 433. The smallest absolute Gasteiger partial charge is 0.344 e. The first-order chi connectivity index (χ1) is 7.18. The van der Waals surface area contributed by atoms with E-state index < -0.39 is 5.69 Å². The molecule has 0 aliphatic rings. The third-order valence-corrected chi connectivity index (χ3v) is 1.53. The van der Waals surface area contributed by atoms with E-state index in [0.29, 0.717) is 18.5 Å². The van der Waals surface area contributed by atoms with Crippen LogP contribution in [-0.2, 0) is 4.79 Å². The summed E-state index contributed by atoms with van der Waals surface area (Å²) in [4.78, 5) is 27.1. The summed E-state index contributed by atoms with van der Waals surface area (Å²) in [7, 11) is 0. The van der Waals surface area contributed by atoms with Gasteiger partial charge in [0.15, 0.2) is 0 Å². The number of hydrogen-bond acceptors (Lipinski definition) is 3. The Morgan fingerprint density at radius 1 is 1.67 bits per heavy atom. The Morgan fingerprint density at radius 2 is 2.47 bits per heavy atom. The van der Waals surface area contributed by atoms with Crippen LogP contribution in [0.4, 0.5) is 0 Å². The molecule has 1 heterocycles. The van der Waals surface area contributed by atoms with Gasteiger partial charge in [-0.25, -0.2) is 9.78 Å². The molecule has 0 bridgehead atoms. The van der Waals surface area contributed by atoms with Crippen molar-refractivity contribution in [3.63, 3.8) is 0 Å². The van der Waals surface area contributed by atoms with Gasteiger partial charge in [0.05, 0.1) is 5.56 Å². The highest BCUT2D eigenvalue weighted by atomic mass is 16.1. The van der Waals surface area contributed by atoms with Crippen LogP contribution >= 0.6 is 0 Å². The molecule has 0 aromatic carbocycles. The van der Waals surface area contributed by atoms with Crippen LogP contribution < -0.4 is 11.0 Å². The highest BCUT2D eigenvalue weighted by molar-refractivity contribution is 5.72. The highest BCUT2D eigenvalue weighted by Gasteiger charge is 1.88. The summed E-state index contributed by atoms with van der Waals surface area (Å²) >= 11 is 0. The maximum Gasteiger partial charge on any atom is 0.344 e. The molecule has 0 aliphatic heterocycles. The van der Waals surface area contributed by atoms with Crippen LogP contribution in [0.5, 0.6) is 0 Å². The molecule has 2 N–H and O–H groups in total. The maximum absolute atomic E-state index is 10.6. The molecular weight excluding hydrogens is 194 g/mol. The molecule has 0 atom stereocenters. The third kappa shape index (κ3) is 4.62. The zero-order valence-electron chi connectivity index (χ0n) is 8.33. The lowest BCUT2D eigenvalue weighted by Crippen LogP contribution is -2.20. The number of H-pyrrole nitrogens is 1. The average molecular weight is 205 g/mol. The normalized spacial score (nSPS) is 8.87. The van der Waals surface area contributed by atoms with E-state index in [2.05, 4.69) is 27.1 Å². The van der Waals surface area contributed by atoms with E-state index in [4.69, 9.17) is 0 Å². The van der Waals surface area contributed by atoms with E-state index in [9.17, 15) is 9.59 Å². The van der Waals surface area contributed by atoms with Gasteiger partial charge in [0.1, 0.15) is 0 Å². The Hall–Kier alpha value is -2.09. The molecule has 0 radical (unpaired) electrons. The SMILES string of the molecule is CC(=O)NCCC#Cc1cnc(=O)[nH]c1. The fourth-order valence-corrected chi connectivity index (χ4v) is 0.876. The molecule has 1 amide bonds. The number of hydrogen-bond donors (Lipinski definition) is 2. The predicted molar refractivity (Wildman–Crippen MR) is 55.0 cm³/mol. The van der Waals surface area contributed by atoms with Crippen LogP contribution in [0.25, 0.3) is 0 Å². The van der Waals surface area contributed by atoms with Gasteiger partial charge in [0.25, 0.3) is 0 Å². The van der Waals surface area contributed by atoms with E-state index in [0.717, 1.165) is 0 Å². The largest absolute Gasteiger partial charge is 0.355 e. The van der Waals surface area contributed by atoms with Crippen molar-refractivity contribution in [3.05, 3.63) is 28.4 Å². The van der Waals surface area contributed by atoms with Crippen molar-refractivity contribution in [2.75, 3.05) is 6.54 Å². The first-order valence-corrected chi connectivity index (χ1v) is 4.46. The van der Waals surface area contributed by atoms with Gasteiger partial charge in [-0.2, -0.15) is 0 Å². The van der Waals surface area contributed by atoms with Crippen LogP contribution in [0.3, 0.4) is 0 Å². The zero-order valence-corrected chi connectivity index (χ0v) is 8.33. The van der Waals surface area contributed by atoms with Gasteiger partial charge in [-0.3, -0.25) is 4.79 Å². The van der Waals surface area contributed by atoms with Crippen molar-refractivity contribution in [3.8, 4) is 11.8 Å². The molecule has 1 aromatic rings. The van der Waals surface area contributed by atoms with Crippen molar-refractivity contribution >= 4 is 5.91 Å². The third-order valence-electron chi connectivity index (χ3n) is 1.53. The average Bonchev–Trinajstić information content (AvgIpc) is 2.20. The number of nitrogens with one attached hydrogen (secondary N) is 2. The number of carbonyl (C=O) groups excluding carboxylic acids is 1. The van der Waals surface area contributed by atoms with Crippen molar-refractivity contribution < 1.29 is 4.79 Å². The summed E-state index contributed by atoms with van der Waals surface area (Å²) in [6.07, 6.45) is 3.48. The lowest BCUT2D eigenvalue weighted by Gasteiger charge is -1.94. The molecule has 0 fully saturated rings. The summed E-state index contributed by atoms with van der Waals surface area (Å²) in [5.74, 6) is 5.59. The molecule has 1 aromatic heterocycles. The van der Waals surface area contributed by atoms with Crippen LogP contribution in [0.2, 0.25) is 0 Å². The zero-order chi connectivity index (χ0) is 11.1. The van der Waals surface area contributed by atoms with Crippen LogP contribution in [0.1, 0.15) is 18.9 Å². The lowest BCUT2D eigenvalue weighted by atomic mass is 10.3. The summed E-state index contributed by atoms with van der Waals surface area (Å²) in [5.41, 5.74) is 0.260. The van der Waals surface area contributed by atoms with E-state index in [-0.39, 0.29) is 5.91 Å². The fraction of sp³-hybridized carbons (Fsp3) is 0.300. The van der Waals surface area contributed by atoms with E-state index in [1.807, 2.05) is 0 Å². The maximum atomic E-state index is 10.6. The molecule has 5 nitrogen and oxygen atoms in total. The van der Waals surface area contributed by atoms with E-state index in [1.54, 1.807) is 0 Å². The molecule has 0 aliphatic carbocycles. The molecule has 5 heteroatoms. The number of aromatic nitrogens is 2. The van der Waals surface area contributed by atoms with Gasteiger partial charge in [-0.15, -0.1) is 0 Å². The Labute approximate surface area is 86.9 Å². The molecular formula is C10H11N3O2. The van der Waals surface area contributed by atoms with Crippen molar-refractivity contribution in [2.45, 2.75) is 13.3 Å². The van der Waals surface area contributed by atoms with Gasteiger partial charge in [-0.1, -0.05) is 11.8 Å². The van der Waals surface area contributed by atoms with E-state index in [1.165, 1.54) is 19.3 Å². The summed E-state index contributed by atoms with van der Waals surface area (Å²) < 4.78 is 0. The Morgan fingerprint density at radius 3 is 3.07 bits per heavy atom. The number of nitrogens with zero attached hydrogens (tertiary/aromatic N) is 1. The molecule has 78 valence electrons. The van der Waals surface area contributed by atoms with Crippen molar-refractivity contribution in [1.29, 1.82) is 0 Å². The van der Waals surface area contributed by atoms with Crippen LogP contribution in [0.15, 0.2) is 17.2 Å². The number of rotatable bonds is 2. The van der Waals surface area contributed by atoms with Gasteiger partial charge >= 0.3 is 5.69 Å². The number of aromatic amines is 1. The van der Waals surface area contributed by atoms with Crippen LogP contribution in [-0.4, -0.2) is 22.4 Å². The quantitative estimate of drug-likeness (QED) is 0.511. The minimum Gasteiger partial charge on any atom is -0.355 e.